The van der Waals surface area contributed by atoms with E-state index in [1.54, 1.807) is 0 Å². The van der Waals surface area contributed by atoms with Crippen LogP contribution in [0.15, 0.2) is 0 Å². The van der Waals surface area contributed by atoms with Gasteiger partial charge in [0, 0.05) is 12.4 Å². The number of alkyl halides is 1. The third-order valence-electron chi connectivity index (χ3n) is 0.974. The molecule has 0 fully saturated rings. The van der Waals surface area contributed by atoms with Crippen LogP contribution in [0, 0.1) is 0 Å². The normalized spacial score (nSPS) is 9.36. The summed E-state index contributed by atoms with van der Waals surface area (Å²) in [5.74, 6) is 5.52. The molecule has 0 rings (SSSR count). The molecule has 0 atom stereocenters. The molecule has 0 aromatic carbocycles. The highest BCUT2D eigenvalue weighted by atomic mass is 35.5. The van der Waals surface area contributed by atoms with Crippen LogP contribution in [0.5, 0.6) is 0 Å². The lowest BCUT2D eigenvalue weighted by Crippen LogP contribution is -2.46. The van der Waals surface area contributed by atoms with Crippen LogP contribution in [0.25, 0.3) is 0 Å². The number of nitrogens with one attached hydrogen (secondary N) is 1. The van der Waals surface area contributed by atoms with Gasteiger partial charge < -0.3 is 10.4 Å². The first kappa shape index (κ1) is 10.5. The lowest BCUT2D eigenvalue weighted by atomic mass is 10.6. The fraction of sp³-hybridized carbons (Fsp3) is 0.800. The topological polar surface area (TPSA) is 78.6 Å². The molecule has 0 saturated heterocycles. The predicted molar refractivity (Wildman–Crippen MR) is 42.1 cm³/mol. The van der Waals surface area contributed by atoms with Gasteiger partial charge in [-0.1, -0.05) is 0 Å². The maximum absolute atomic E-state index is 10.8. The molecule has 0 spiro atoms. The van der Waals surface area contributed by atoms with E-state index in [1.807, 2.05) is 0 Å². The van der Waals surface area contributed by atoms with Gasteiger partial charge in [0.1, 0.15) is 0 Å². The first-order chi connectivity index (χ1) is 5.22. The van der Waals surface area contributed by atoms with Crippen molar-refractivity contribution >= 4 is 17.6 Å². The van der Waals surface area contributed by atoms with E-state index in [-0.39, 0.29) is 13.2 Å². The number of hydrogen-bond acceptors (Lipinski definition) is 3. The van der Waals surface area contributed by atoms with Gasteiger partial charge in [-0.25, -0.2) is 10.6 Å². The van der Waals surface area contributed by atoms with Crippen LogP contribution in [0.2, 0.25) is 0 Å². The molecular weight excluding hydrogens is 170 g/mol. The SMILES string of the molecule is NN(CCCl)C(=O)NCCO. The summed E-state index contributed by atoms with van der Waals surface area (Å²) in [6, 6.07) is -0.431. The van der Waals surface area contributed by atoms with Crippen LogP contribution in [-0.4, -0.2) is 41.7 Å². The van der Waals surface area contributed by atoms with Crippen LogP contribution in [0.1, 0.15) is 0 Å². The number of halogens is 1. The van der Waals surface area contributed by atoms with E-state index in [0.717, 1.165) is 5.01 Å². The third kappa shape index (κ3) is 4.83. The molecule has 0 bridgehead atoms. The molecule has 0 aliphatic carbocycles. The minimum atomic E-state index is -0.431. The molecule has 0 heterocycles. The highest BCUT2D eigenvalue weighted by Gasteiger charge is 2.05. The molecular formula is C5H12ClN3O2. The quantitative estimate of drug-likeness (QED) is 0.228. The first-order valence-electron chi connectivity index (χ1n) is 3.19. The van der Waals surface area contributed by atoms with Gasteiger partial charge in [0.2, 0.25) is 0 Å². The van der Waals surface area contributed by atoms with Gasteiger partial charge in [0.15, 0.2) is 0 Å². The number of nitrogens with zero attached hydrogens (tertiary/aromatic N) is 1. The Morgan fingerprint density at radius 3 is 2.82 bits per heavy atom. The molecule has 11 heavy (non-hydrogen) atoms. The Balaban J connectivity index is 3.47. The van der Waals surface area contributed by atoms with Crippen molar-refractivity contribution in [3.63, 3.8) is 0 Å². The molecule has 2 amide bonds. The molecule has 5 nitrogen and oxygen atoms in total. The van der Waals surface area contributed by atoms with E-state index < -0.39 is 6.03 Å². The van der Waals surface area contributed by atoms with Gasteiger partial charge in [0.25, 0.3) is 0 Å². The van der Waals surface area contributed by atoms with Crippen LogP contribution in [-0.2, 0) is 0 Å². The predicted octanol–water partition coefficient (Wildman–Crippen LogP) is -0.897. The molecule has 0 aliphatic rings. The van der Waals surface area contributed by atoms with Gasteiger partial charge in [-0.3, -0.25) is 5.01 Å². The van der Waals surface area contributed by atoms with Gasteiger partial charge >= 0.3 is 6.03 Å². The van der Waals surface area contributed by atoms with Gasteiger partial charge in [-0.2, -0.15) is 0 Å². The van der Waals surface area contributed by atoms with Crippen LogP contribution in [0.4, 0.5) is 4.79 Å². The van der Waals surface area contributed by atoms with E-state index in [2.05, 4.69) is 5.32 Å². The second kappa shape index (κ2) is 6.21. The lowest BCUT2D eigenvalue weighted by molar-refractivity contribution is 0.197. The van der Waals surface area contributed by atoms with Crippen molar-refractivity contribution in [3.8, 4) is 0 Å². The highest BCUT2D eigenvalue weighted by Crippen LogP contribution is 1.81. The number of urea groups is 1. The van der Waals surface area contributed by atoms with E-state index in [4.69, 9.17) is 22.6 Å². The van der Waals surface area contributed by atoms with Crippen LogP contribution < -0.4 is 11.2 Å². The summed E-state index contributed by atoms with van der Waals surface area (Å²) < 4.78 is 0. The number of rotatable bonds is 4. The lowest BCUT2D eigenvalue weighted by Gasteiger charge is -2.14. The number of carbonyl (C=O) groups is 1. The van der Waals surface area contributed by atoms with Crippen molar-refractivity contribution in [2.45, 2.75) is 0 Å². The van der Waals surface area contributed by atoms with Crippen molar-refractivity contribution in [2.75, 3.05) is 25.6 Å². The Morgan fingerprint density at radius 2 is 2.36 bits per heavy atom. The Bertz CT molecular complexity index is 122. The summed E-state index contributed by atoms with van der Waals surface area (Å²) in [5.41, 5.74) is 0. The van der Waals surface area contributed by atoms with E-state index in [0.29, 0.717) is 12.4 Å². The smallest absolute Gasteiger partial charge is 0.331 e. The maximum atomic E-state index is 10.8. The molecule has 0 unspecified atom stereocenters. The second-order valence-electron chi connectivity index (χ2n) is 1.84. The van der Waals surface area contributed by atoms with E-state index in [9.17, 15) is 4.79 Å². The fourth-order valence-electron chi connectivity index (χ4n) is 0.457. The molecule has 0 aliphatic heterocycles. The Morgan fingerprint density at radius 1 is 1.73 bits per heavy atom. The summed E-state index contributed by atoms with van der Waals surface area (Å²) in [6.07, 6.45) is 0. The third-order valence-corrected chi connectivity index (χ3v) is 1.14. The molecule has 0 saturated carbocycles. The number of hydrogen-bond donors (Lipinski definition) is 3. The van der Waals surface area contributed by atoms with E-state index in [1.165, 1.54) is 0 Å². The average Bonchev–Trinajstić information content (AvgIpc) is 2.00. The highest BCUT2D eigenvalue weighted by molar-refractivity contribution is 6.18. The molecule has 66 valence electrons. The van der Waals surface area contributed by atoms with Gasteiger partial charge in [0.05, 0.1) is 13.2 Å². The maximum Gasteiger partial charge on any atom is 0.331 e. The van der Waals surface area contributed by atoms with Crippen molar-refractivity contribution in [2.24, 2.45) is 5.84 Å². The van der Waals surface area contributed by atoms with Crippen LogP contribution in [0.3, 0.4) is 0 Å². The van der Waals surface area contributed by atoms with Gasteiger partial charge in [-0.05, 0) is 0 Å². The standard InChI is InChI=1S/C5H12ClN3O2/c6-1-3-9(7)5(11)8-2-4-10/h10H,1-4,7H2,(H,8,11). The van der Waals surface area contributed by atoms with E-state index >= 15 is 0 Å². The Kier molecular flexibility index (Phi) is 5.91. The Labute approximate surface area is 70.1 Å². The van der Waals surface area contributed by atoms with Crippen molar-refractivity contribution < 1.29 is 9.90 Å². The zero-order valence-electron chi connectivity index (χ0n) is 6.09. The summed E-state index contributed by atoms with van der Waals surface area (Å²) in [6.45, 7) is 0.397. The fourth-order valence-corrected chi connectivity index (χ4v) is 0.639. The summed E-state index contributed by atoms with van der Waals surface area (Å²) in [7, 11) is 0. The summed E-state index contributed by atoms with van der Waals surface area (Å²) >= 11 is 5.32. The summed E-state index contributed by atoms with van der Waals surface area (Å²) in [4.78, 5) is 10.8. The molecule has 0 aromatic heterocycles. The largest absolute Gasteiger partial charge is 0.395 e. The molecule has 0 aromatic rings. The minimum absolute atomic E-state index is 0.0968. The monoisotopic (exact) mass is 181 g/mol. The zero-order valence-corrected chi connectivity index (χ0v) is 6.84. The van der Waals surface area contributed by atoms with Crippen molar-refractivity contribution in [1.82, 2.24) is 10.3 Å². The van der Waals surface area contributed by atoms with Crippen molar-refractivity contribution in [3.05, 3.63) is 0 Å². The van der Waals surface area contributed by atoms with Gasteiger partial charge in [-0.15, -0.1) is 11.6 Å². The Hall–Kier alpha value is -0.520. The number of carbonyl (C=O) groups excluding carboxylic acids is 1. The number of aliphatic hydroxyl groups is 1. The average molecular weight is 182 g/mol. The number of amides is 2. The number of hydrazine groups is 1. The summed E-state index contributed by atoms with van der Waals surface area (Å²) in [5, 5.41) is 11.7. The zero-order chi connectivity index (χ0) is 8.69. The first-order valence-corrected chi connectivity index (χ1v) is 3.72. The van der Waals surface area contributed by atoms with Crippen LogP contribution >= 0.6 is 11.6 Å². The second-order valence-corrected chi connectivity index (χ2v) is 2.22. The van der Waals surface area contributed by atoms with Crippen molar-refractivity contribution in [1.29, 1.82) is 0 Å². The molecule has 0 radical (unpaired) electrons. The molecule has 6 heteroatoms. The number of nitrogens with two attached hydrogens (primary N) is 1. The minimum Gasteiger partial charge on any atom is -0.395 e. The molecule has 4 N–H and O–H groups in total. The number of aliphatic hydroxyl groups excluding tert-OH is 1.